The maximum atomic E-state index is 13.3. The van der Waals surface area contributed by atoms with E-state index >= 15 is 0 Å². The van der Waals surface area contributed by atoms with Gasteiger partial charge in [-0.2, -0.15) is 0 Å². The smallest absolute Gasteiger partial charge is 0.202 e. The van der Waals surface area contributed by atoms with Gasteiger partial charge in [0.05, 0.1) is 5.02 Å². The van der Waals surface area contributed by atoms with Crippen LogP contribution in [0, 0.1) is 11.6 Å². The molecule has 0 aliphatic rings. The van der Waals surface area contributed by atoms with Crippen molar-refractivity contribution in [3.63, 3.8) is 0 Å². The van der Waals surface area contributed by atoms with Crippen molar-refractivity contribution in [1.82, 2.24) is 0 Å². The number of carbonyl (C=O) groups is 1. The van der Waals surface area contributed by atoms with E-state index < -0.39 is 17.7 Å². The summed E-state index contributed by atoms with van der Waals surface area (Å²) >= 11 is 5.56. The highest BCUT2D eigenvalue weighted by molar-refractivity contribution is 6.30. The number of Topliss-reactive ketones (excluding diaryl/α,β-unsaturated/α-hetero) is 1. The molecule has 0 aromatic heterocycles. The van der Waals surface area contributed by atoms with Gasteiger partial charge in [0, 0.05) is 11.6 Å². The second kappa shape index (κ2) is 6.01. The fourth-order valence-corrected chi connectivity index (χ4v) is 1.77. The van der Waals surface area contributed by atoms with E-state index in [0.29, 0.717) is 5.56 Å². The Morgan fingerprint density at radius 1 is 1.15 bits per heavy atom. The van der Waals surface area contributed by atoms with E-state index in [1.807, 2.05) is 0 Å². The molecule has 5 heteroatoms. The van der Waals surface area contributed by atoms with Crippen molar-refractivity contribution >= 4 is 17.4 Å². The van der Waals surface area contributed by atoms with Crippen LogP contribution in [0.5, 0.6) is 5.75 Å². The Labute approximate surface area is 119 Å². The third-order valence-corrected chi connectivity index (χ3v) is 3.01. The van der Waals surface area contributed by atoms with Gasteiger partial charge in [0.15, 0.2) is 6.10 Å². The number of hydrogen-bond donors (Lipinski definition) is 0. The summed E-state index contributed by atoms with van der Waals surface area (Å²) in [5.41, 5.74) is 0.327. The third kappa shape index (κ3) is 3.33. The first kappa shape index (κ1) is 14.5. The first-order valence-corrected chi connectivity index (χ1v) is 6.26. The Hall–Kier alpha value is -1.94. The molecular formula is C15H11ClF2O2. The van der Waals surface area contributed by atoms with Crippen LogP contribution in [-0.4, -0.2) is 11.9 Å². The number of rotatable bonds is 4. The van der Waals surface area contributed by atoms with Crippen molar-refractivity contribution in [3.8, 4) is 5.75 Å². The number of halogens is 3. The molecule has 0 amide bonds. The molecule has 0 spiro atoms. The zero-order valence-corrected chi connectivity index (χ0v) is 11.3. The SMILES string of the molecule is CC(Oc1ccc(Cl)c(F)c1)C(=O)c1ccc(F)cc1. The molecule has 0 aliphatic heterocycles. The van der Waals surface area contributed by atoms with Crippen LogP contribution in [0.2, 0.25) is 5.02 Å². The van der Waals surface area contributed by atoms with Crippen LogP contribution in [0.3, 0.4) is 0 Å². The predicted octanol–water partition coefficient (Wildman–Crippen LogP) is 4.27. The minimum atomic E-state index is -0.818. The molecule has 20 heavy (non-hydrogen) atoms. The second-order valence-corrected chi connectivity index (χ2v) is 4.61. The van der Waals surface area contributed by atoms with Crippen molar-refractivity contribution in [3.05, 3.63) is 64.7 Å². The van der Waals surface area contributed by atoms with Gasteiger partial charge in [-0.3, -0.25) is 4.79 Å². The van der Waals surface area contributed by atoms with Gasteiger partial charge in [-0.25, -0.2) is 8.78 Å². The second-order valence-electron chi connectivity index (χ2n) is 4.21. The minimum Gasteiger partial charge on any atom is -0.482 e. The zero-order valence-electron chi connectivity index (χ0n) is 10.6. The number of benzene rings is 2. The molecular weight excluding hydrogens is 286 g/mol. The van der Waals surface area contributed by atoms with Crippen LogP contribution in [-0.2, 0) is 0 Å². The fourth-order valence-electron chi connectivity index (χ4n) is 1.66. The van der Waals surface area contributed by atoms with Crippen LogP contribution in [0.1, 0.15) is 17.3 Å². The van der Waals surface area contributed by atoms with Crippen molar-refractivity contribution in [2.24, 2.45) is 0 Å². The fraction of sp³-hybridized carbons (Fsp3) is 0.133. The van der Waals surface area contributed by atoms with E-state index in [9.17, 15) is 13.6 Å². The molecule has 1 unspecified atom stereocenters. The highest BCUT2D eigenvalue weighted by Crippen LogP contribution is 2.22. The highest BCUT2D eigenvalue weighted by atomic mass is 35.5. The summed E-state index contributed by atoms with van der Waals surface area (Å²) in [7, 11) is 0. The summed E-state index contributed by atoms with van der Waals surface area (Å²) in [5, 5.41) is -0.0186. The summed E-state index contributed by atoms with van der Waals surface area (Å²) in [6.45, 7) is 1.54. The van der Waals surface area contributed by atoms with Crippen molar-refractivity contribution < 1.29 is 18.3 Å². The van der Waals surface area contributed by atoms with Crippen LogP contribution in [0.15, 0.2) is 42.5 Å². The molecule has 0 aliphatic carbocycles. The van der Waals surface area contributed by atoms with Crippen molar-refractivity contribution in [1.29, 1.82) is 0 Å². The molecule has 0 fully saturated rings. The Morgan fingerprint density at radius 2 is 1.80 bits per heavy atom. The van der Waals surface area contributed by atoms with E-state index in [-0.39, 0.29) is 16.6 Å². The van der Waals surface area contributed by atoms with Gasteiger partial charge in [0.1, 0.15) is 17.4 Å². The van der Waals surface area contributed by atoms with Gasteiger partial charge in [0.2, 0.25) is 5.78 Å². The maximum Gasteiger partial charge on any atom is 0.202 e. The average molecular weight is 297 g/mol. The number of hydrogen-bond acceptors (Lipinski definition) is 2. The quantitative estimate of drug-likeness (QED) is 0.788. The first-order valence-electron chi connectivity index (χ1n) is 5.89. The molecule has 0 radical (unpaired) electrons. The first-order chi connectivity index (χ1) is 9.47. The Balaban J connectivity index is 2.11. The van der Waals surface area contributed by atoms with Gasteiger partial charge in [-0.1, -0.05) is 11.6 Å². The van der Waals surface area contributed by atoms with Crippen LogP contribution < -0.4 is 4.74 Å². The largest absolute Gasteiger partial charge is 0.482 e. The minimum absolute atomic E-state index is 0.0186. The van der Waals surface area contributed by atoms with E-state index in [1.54, 1.807) is 0 Å². The van der Waals surface area contributed by atoms with Gasteiger partial charge in [-0.05, 0) is 43.3 Å². The molecule has 0 bridgehead atoms. The number of ether oxygens (including phenoxy) is 1. The standard InChI is InChI=1S/C15H11ClF2O2/c1-9(15(19)10-2-4-11(17)5-3-10)20-12-6-7-13(16)14(18)8-12/h2-9H,1H3. The van der Waals surface area contributed by atoms with E-state index in [1.165, 1.54) is 43.3 Å². The lowest BCUT2D eigenvalue weighted by molar-refractivity contribution is 0.0817. The summed E-state index contributed by atoms with van der Waals surface area (Å²) < 4.78 is 31.4. The highest BCUT2D eigenvalue weighted by Gasteiger charge is 2.17. The normalized spacial score (nSPS) is 12.0. The Morgan fingerprint density at radius 3 is 2.40 bits per heavy atom. The molecule has 2 nitrogen and oxygen atoms in total. The lowest BCUT2D eigenvalue weighted by atomic mass is 10.1. The molecule has 0 heterocycles. The summed E-state index contributed by atoms with van der Waals surface area (Å²) in [4.78, 5) is 12.0. The molecule has 2 aromatic carbocycles. The number of carbonyl (C=O) groups excluding carboxylic acids is 1. The molecule has 2 rings (SSSR count). The monoisotopic (exact) mass is 296 g/mol. The molecule has 2 aromatic rings. The van der Waals surface area contributed by atoms with E-state index in [4.69, 9.17) is 16.3 Å². The summed E-state index contributed by atoms with van der Waals surface area (Å²) in [6.07, 6.45) is -0.818. The zero-order chi connectivity index (χ0) is 14.7. The van der Waals surface area contributed by atoms with Gasteiger partial charge in [-0.15, -0.1) is 0 Å². The van der Waals surface area contributed by atoms with Gasteiger partial charge < -0.3 is 4.74 Å². The van der Waals surface area contributed by atoms with Crippen LogP contribution >= 0.6 is 11.6 Å². The topological polar surface area (TPSA) is 26.3 Å². The lowest BCUT2D eigenvalue weighted by Gasteiger charge is -2.14. The summed E-state index contributed by atoms with van der Waals surface area (Å²) in [5.74, 6) is -1.16. The predicted molar refractivity (Wildman–Crippen MR) is 72.2 cm³/mol. The molecule has 1 atom stereocenters. The average Bonchev–Trinajstić information content (AvgIpc) is 2.43. The van der Waals surface area contributed by atoms with Gasteiger partial charge in [0.25, 0.3) is 0 Å². The third-order valence-electron chi connectivity index (χ3n) is 2.70. The molecule has 104 valence electrons. The lowest BCUT2D eigenvalue weighted by Crippen LogP contribution is -2.23. The van der Waals surface area contributed by atoms with Crippen LogP contribution in [0.4, 0.5) is 8.78 Å². The summed E-state index contributed by atoms with van der Waals surface area (Å²) in [6, 6.07) is 9.07. The van der Waals surface area contributed by atoms with E-state index in [2.05, 4.69) is 0 Å². The van der Waals surface area contributed by atoms with Crippen LogP contribution in [0.25, 0.3) is 0 Å². The molecule has 0 saturated carbocycles. The van der Waals surface area contributed by atoms with Gasteiger partial charge >= 0.3 is 0 Å². The molecule has 0 N–H and O–H groups in total. The van der Waals surface area contributed by atoms with Crippen molar-refractivity contribution in [2.75, 3.05) is 0 Å². The molecule has 0 saturated heterocycles. The Bertz CT molecular complexity index is 626. The Kier molecular flexibility index (Phi) is 4.35. The maximum absolute atomic E-state index is 13.3. The van der Waals surface area contributed by atoms with E-state index in [0.717, 1.165) is 6.07 Å². The number of ketones is 1. The van der Waals surface area contributed by atoms with Crippen molar-refractivity contribution in [2.45, 2.75) is 13.0 Å².